The SMILES string of the molecule is C[C@@H](O)c1ccccc1SC1CCCC1. The summed E-state index contributed by atoms with van der Waals surface area (Å²) in [5.41, 5.74) is 1.08. The van der Waals surface area contributed by atoms with Crippen LogP contribution in [0.4, 0.5) is 0 Å². The fourth-order valence-electron chi connectivity index (χ4n) is 2.12. The maximum absolute atomic E-state index is 9.67. The van der Waals surface area contributed by atoms with E-state index in [0.717, 1.165) is 10.8 Å². The summed E-state index contributed by atoms with van der Waals surface area (Å²) in [5.74, 6) is 0. The second-order valence-electron chi connectivity index (χ2n) is 4.24. The maximum Gasteiger partial charge on any atom is 0.0772 e. The summed E-state index contributed by atoms with van der Waals surface area (Å²) in [6, 6.07) is 8.22. The van der Waals surface area contributed by atoms with Crippen molar-refractivity contribution in [1.29, 1.82) is 0 Å². The maximum atomic E-state index is 9.67. The van der Waals surface area contributed by atoms with Gasteiger partial charge >= 0.3 is 0 Å². The van der Waals surface area contributed by atoms with Crippen molar-refractivity contribution in [3.8, 4) is 0 Å². The highest BCUT2D eigenvalue weighted by atomic mass is 32.2. The Hall–Kier alpha value is -0.470. The topological polar surface area (TPSA) is 20.2 Å². The van der Waals surface area contributed by atoms with Gasteiger partial charge < -0.3 is 5.11 Å². The zero-order valence-corrected chi connectivity index (χ0v) is 9.96. The highest BCUT2D eigenvalue weighted by molar-refractivity contribution is 8.00. The van der Waals surface area contributed by atoms with Crippen LogP contribution in [0.1, 0.15) is 44.3 Å². The number of hydrogen-bond acceptors (Lipinski definition) is 2. The lowest BCUT2D eigenvalue weighted by Crippen LogP contribution is -1.98. The first-order valence-electron chi connectivity index (χ1n) is 5.71. The molecule has 0 aromatic heterocycles. The molecule has 0 heterocycles. The first-order chi connectivity index (χ1) is 7.27. The van der Waals surface area contributed by atoms with E-state index >= 15 is 0 Å². The van der Waals surface area contributed by atoms with Gasteiger partial charge in [0.1, 0.15) is 0 Å². The predicted molar refractivity (Wildman–Crippen MR) is 65.2 cm³/mol. The Bertz CT molecular complexity index is 316. The number of rotatable bonds is 3. The smallest absolute Gasteiger partial charge is 0.0772 e. The molecule has 2 rings (SSSR count). The summed E-state index contributed by atoms with van der Waals surface area (Å²) in [5, 5.41) is 10.4. The molecule has 0 amide bonds. The second-order valence-corrected chi connectivity index (χ2v) is 5.58. The van der Waals surface area contributed by atoms with E-state index < -0.39 is 0 Å². The Balaban J connectivity index is 2.12. The van der Waals surface area contributed by atoms with Crippen molar-refractivity contribution in [2.45, 2.75) is 48.9 Å². The van der Waals surface area contributed by atoms with Crippen molar-refractivity contribution in [3.63, 3.8) is 0 Å². The van der Waals surface area contributed by atoms with Crippen molar-refractivity contribution in [2.75, 3.05) is 0 Å². The molecule has 0 unspecified atom stereocenters. The van der Waals surface area contributed by atoms with Gasteiger partial charge in [-0.15, -0.1) is 11.8 Å². The lowest BCUT2D eigenvalue weighted by Gasteiger charge is -2.14. The van der Waals surface area contributed by atoms with Gasteiger partial charge in [0.15, 0.2) is 0 Å². The van der Waals surface area contributed by atoms with Gasteiger partial charge in [-0.05, 0) is 31.4 Å². The molecule has 0 spiro atoms. The monoisotopic (exact) mass is 222 g/mol. The molecule has 1 saturated carbocycles. The van der Waals surface area contributed by atoms with Gasteiger partial charge in [0.25, 0.3) is 0 Å². The summed E-state index contributed by atoms with van der Waals surface area (Å²) in [6.45, 7) is 1.84. The van der Waals surface area contributed by atoms with Gasteiger partial charge in [0.05, 0.1) is 6.10 Å². The average molecular weight is 222 g/mol. The standard InChI is InChI=1S/C13H18OS/c1-10(14)12-8-4-5-9-13(12)15-11-6-2-3-7-11/h4-5,8-11,14H,2-3,6-7H2,1H3/t10-/m1/s1. The fourth-order valence-corrected chi connectivity index (χ4v) is 3.58. The van der Waals surface area contributed by atoms with Gasteiger partial charge in [0.2, 0.25) is 0 Å². The Morgan fingerprint density at radius 2 is 1.93 bits per heavy atom. The normalized spacial score (nSPS) is 19.3. The Morgan fingerprint density at radius 1 is 1.27 bits per heavy atom. The highest BCUT2D eigenvalue weighted by Gasteiger charge is 2.18. The van der Waals surface area contributed by atoms with Crippen molar-refractivity contribution < 1.29 is 5.11 Å². The van der Waals surface area contributed by atoms with E-state index in [9.17, 15) is 5.11 Å². The minimum Gasteiger partial charge on any atom is -0.389 e. The van der Waals surface area contributed by atoms with E-state index in [1.165, 1.54) is 30.6 Å². The molecule has 1 aromatic carbocycles. The zero-order chi connectivity index (χ0) is 10.7. The molecule has 1 fully saturated rings. The van der Waals surface area contributed by atoms with Crippen molar-refractivity contribution >= 4 is 11.8 Å². The van der Waals surface area contributed by atoms with E-state index in [4.69, 9.17) is 0 Å². The largest absolute Gasteiger partial charge is 0.389 e. The summed E-state index contributed by atoms with van der Waals surface area (Å²) in [6.07, 6.45) is 5.05. The molecule has 82 valence electrons. The second kappa shape index (κ2) is 5.04. The third-order valence-corrected chi connectivity index (χ3v) is 4.40. The lowest BCUT2D eigenvalue weighted by atomic mass is 10.1. The van der Waals surface area contributed by atoms with Gasteiger partial charge in [-0.2, -0.15) is 0 Å². The van der Waals surface area contributed by atoms with Gasteiger partial charge in [-0.25, -0.2) is 0 Å². The van der Waals surface area contributed by atoms with Gasteiger partial charge in [0, 0.05) is 10.1 Å². The molecule has 2 heteroatoms. The summed E-state index contributed by atoms with van der Waals surface area (Å²) >= 11 is 1.95. The minimum atomic E-state index is -0.352. The van der Waals surface area contributed by atoms with Crippen molar-refractivity contribution in [2.24, 2.45) is 0 Å². The van der Waals surface area contributed by atoms with Crippen LogP contribution in [0.5, 0.6) is 0 Å². The lowest BCUT2D eigenvalue weighted by molar-refractivity contribution is 0.196. The van der Waals surface area contributed by atoms with Crippen LogP contribution in [0.25, 0.3) is 0 Å². The molecule has 1 aliphatic rings. The molecule has 0 saturated heterocycles. The first kappa shape index (κ1) is 11.0. The molecule has 15 heavy (non-hydrogen) atoms. The Kier molecular flexibility index (Phi) is 3.71. The van der Waals surface area contributed by atoms with Crippen LogP contribution >= 0.6 is 11.8 Å². The number of aliphatic hydroxyl groups is 1. The molecule has 0 radical (unpaired) electrons. The molecule has 1 N–H and O–H groups in total. The Morgan fingerprint density at radius 3 is 2.60 bits per heavy atom. The van der Waals surface area contributed by atoms with Gasteiger partial charge in [-0.3, -0.25) is 0 Å². The van der Waals surface area contributed by atoms with Crippen LogP contribution in [0.15, 0.2) is 29.2 Å². The van der Waals surface area contributed by atoms with E-state index in [1.807, 2.05) is 30.8 Å². The Labute approximate surface area is 95.9 Å². The molecule has 1 nitrogen and oxygen atoms in total. The molecule has 0 bridgehead atoms. The van der Waals surface area contributed by atoms with E-state index in [1.54, 1.807) is 0 Å². The highest BCUT2D eigenvalue weighted by Crippen LogP contribution is 2.37. The van der Waals surface area contributed by atoms with Crippen LogP contribution < -0.4 is 0 Å². The third-order valence-electron chi connectivity index (χ3n) is 2.96. The van der Waals surface area contributed by atoms with Crippen LogP contribution in [0.3, 0.4) is 0 Å². The van der Waals surface area contributed by atoms with Crippen LogP contribution in [-0.4, -0.2) is 10.4 Å². The number of hydrogen-bond donors (Lipinski definition) is 1. The quantitative estimate of drug-likeness (QED) is 0.840. The summed E-state index contributed by atoms with van der Waals surface area (Å²) < 4.78 is 0. The van der Waals surface area contributed by atoms with Crippen LogP contribution in [0, 0.1) is 0 Å². The number of benzene rings is 1. The van der Waals surface area contributed by atoms with Gasteiger partial charge in [-0.1, -0.05) is 31.0 Å². The van der Waals surface area contributed by atoms with Crippen molar-refractivity contribution in [3.05, 3.63) is 29.8 Å². The molecular weight excluding hydrogens is 204 g/mol. The van der Waals surface area contributed by atoms with E-state index in [0.29, 0.717) is 0 Å². The predicted octanol–water partition coefficient (Wildman–Crippen LogP) is 3.77. The average Bonchev–Trinajstić information content (AvgIpc) is 2.71. The summed E-state index contributed by atoms with van der Waals surface area (Å²) in [4.78, 5) is 1.26. The molecule has 0 aliphatic heterocycles. The van der Waals surface area contributed by atoms with Crippen LogP contribution in [-0.2, 0) is 0 Å². The fraction of sp³-hybridized carbons (Fsp3) is 0.538. The summed E-state index contributed by atoms with van der Waals surface area (Å²) in [7, 11) is 0. The van der Waals surface area contributed by atoms with Crippen LogP contribution in [0.2, 0.25) is 0 Å². The number of aliphatic hydroxyl groups excluding tert-OH is 1. The molecular formula is C13H18OS. The third kappa shape index (κ3) is 2.76. The zero-order valence-electron chi connectivity index (χ0n) is 9.15. The molecule has 1 aliphatic carbocycles. The molecule has 1 aromatic rings. The molecule has 1 atom stereocenters. The van der Waals surface area contributed by atoms with E-state index in [-0.39, 0.29) is 6.10 Å². The first-order valence-corrected chi connectivity index (χ1v) is 6.59. The van der Waals surface area contributed by atoms with Crippen molar-refractivity contribution in [1.82, 2.24) is 0 Å². The minimum absolute atomic E-state index is 0.352. The number of thioether (sulfide) groups is 1. The van der Waals surface area contributed by atoms with E-state index in [2.05, 4.69) is 12.1 Å².